The number of carbonyl (C=O) groups excluding carboxylic acids is 1. The average Bonchev–Trinajstić information content (AvgIpc) is 2.86. The van der Waals surface area contributed by atoms with Gasteiger partial charge in [-0.2, -0.15) is 0 Å². The molecule has 1 aliphatic heterocycles. The van der Waals surface area contributed by atoms with Gasteiger partial charge in [0.1, 0.15) is 36.5 Å². The van der Waals surface area contributed by atoms with E-state index in [1.807, 2.05) is 26.0 Å². The van der Waals surface area contributed by atoms with Crippen molar-refractivity contribution >= 4 is 40.3 Å². The number of nitrogens with one attached hydrogen (secondary N) is 1. The summed E-state index contributed by atoms with van der Waals surface area (Å²) in [6, 6.07) is 5.45. The minimum absolute atomic E-state index is 0.0659. The molecule has 10 nitrogen and oxygen atoms in total. The Kier molecular flexibility index (Phi) is 8.74. The summed E-state index contributed by atoms with van der Waals surface area (Å²) in [6.45, 7) is 9.37. The van der Waals surface area contributed by atoms with E-state index in [4.69, 9.17) is 25.8 Å². The molecule has 0 aliphatic carbocycles. The van der Waals surface area contributed by atoms with Gasteiger partial charge in [0, 0.05) is 50.9 Å². The summed E-state index contributed by atoms with van der Waals surface area (Å²) < 4.78 is 17.5. The van der Waals surface area contributed by atoms with Crippen LogP contribution in [-0.4, -0.2) is 90.1 Å². The van der Waals surface area contributed by atoms with E-state index < -0.39 is 0 Å². The Labute approximate surface area is 215 Å². The number of aromatic nitrogens is 3. The lowest BCUT2D eigenvalue weighted by molar-refractivity contribution is -0.109. The fraction of sp³-hybridized carbons (Fsp3) is 0.440. The van der Waals surface area contributed by atoms with Crippen LogP contribution in [0.1, 0.15) is 13.8 Å². The first-order valence-corrected chi connectivity index (χ1v) is 12.3. The lowest BCUT2D eigenvalue weighted by Gasteiger charge is -2.33. The number of benzene rings is 1. The third-order valence-electron chi connectivity index (χ3n) is 5.80. The number of methoxy groups -OCH3 is 1. The van der Waals surface area contributed by atoms with Crippen LogP contribution in [0.25, 0.3) is 10.9 Å². The predicted molar refractivity (Wildman–Crippen MR) is 139 cm³/mol. The van der Waals surface area contributed by atoms with E-state index in [0.717, 1.165) is 44.4 Å². The van der Waals surface area contributed by atoms with Crippen LogP contribution in [0.2, 0.25) is 5.02 Å². The molecule has 1 aliphatic rings. The predicted octanol–water partition coefficient (Wildman–Crippen LogP) is 3.41. The Morgan fingerprint density at radius 3 is 2.61 bits per heavy atom. The Bertz CT molecular complexity index is 1190. The highest BCUT2D eigenvalue weighted by Gasteiger charge is 2.18. The van der Waals surface area contributed by atoms with Gasteiger partial charge in [-0.25, -0.2) is 15.0 Å². The van der Waals surface area contributed by atoms with Crippen LogP contribution in [0.5, 0.6) is 17.4 Å². The molecule has 36 heavy (non-hydrogen) atoms. The second kappa shape index (κ2) is 12.2. The van der Waals surface area contributed by atoms with Gasteiger partial charge in [0.25, 0.3) is 0 Å². The Morgan fingerprint density at radius 2 is 1.89 bits per heavy atom. The molecule has 1 N–H and O–H groups in total. The molecule has 0 unspecified atom stereocenters. The van der Waals surface area contributed by atoms with Crippen molar-refractivity contribution in [2.24, 2.45) is 0 Å². The fourth-order valence-corrected chi connectivity index (χ4v) is 4.15. The van der Waals surface area contributed by atoms with E-state index in [1.54, 1.807) is 13.2 Å². The van der Waals surface area contributed by atoms with Gasteiger partial charge in [0.05, 0.1) is 47.6 Å². The van der Waals surface area contributed by atoms with Crippen LogP contribution in [0.3, 0.4) is 0 Å². The topological polar surface area (TPSA) is 102 Å². The van der Waals surface area contributed by atoms with Gasteiger partial charge in [-0.3, -0.25) is 9.80 Å². The summed E-state index contributed by atoms with van der Waals surface area (Å²) in [6.07, 6.45) is 3.90. The molecule has 192 valence electrons. The van der Waals surface area contributed by atoms with Crippen molar-refractivity contribution in [1.29, 1.82) is 0 Å². The van der Waals surface area contributed by atoms with E-state index in [0.29, 0.717) is 52.6 Å². The second-order valence-corrected chi connectivity index (χ2v) is 9.10. The molecule has 0 atom stereocenters. The summed E-state index contributed by atoms with van der Waals surface area (Å²) in [5.74, 6) is 2.26. The van der Waals surface area contributed by atoms with Crippen molar-refractivity contribution in [3.8, 4) is 17.4 Å². The van der Waals surface area contributed by atoms with Crippen LogP contribution in [-0.2, 0) is 4.79 Å². The Morgan fingerprint density at radius 1 is 1.11 bits per heavy atom. The maximum Gasteiger partial charge on any atom is 0.215 e. The van der Waals surface area contributed by atoms with Gasteiger partial charge in [-0.1, -0.05) is 11.6 Å². The molecule has 3 aromatic rings. The minimum Gasteiger partial charge on any atom is -0.492 e. The first-order valence-electron chi connectivity index (χ1n) is 11.9. The molecule has 1 saturated heterocycles. The standard InChI is InChI=1S/C25H31ClN6O4/c1-17(2)36-22-13-18(35-11-9-32-6-4-31(5-7-32)8-10-33)12-21-24(22)25(29-16-28-21)30-20-14-23(34-3)27-15-19(20)26/h10,12-17H,4-9,11H2,1-3H3,(H,27,28,29,30). The van der Waals surface area contributed by atoms with Crippen LogP contribution >= 0.6 is 11.6 Å². The number of aldehydes is 1. The largest absolute Gasteiger partial charge is 0.492 e. The van der Waals surface area contributed by atoms with E-state index in [2.05, 4.69) is 30.1 Å². The first-order chi connectivity index (χ1) is 17.5. The maximum atomic E-state index is 10.7. The molecular weight excluding hydrogens is 484 g/mol. The molecule has 0 bridgehead atoms. The highest BCUT2D eigenvalue weighted by molar-refractivity contribution is 6.33. The molecule has 0 spiro atoms. The van der Waals surface area contributed by atoms with Crippen molar-refractivity contribution < 1.29 is 19.0 Å². The number of piperazine rings is 1. The van der Waals surface area contributed by atoms with Gasteiger partial charge < -0.3 is 24.3 Å². The molecule has 1 aromatic carbocycles. The lowest BCUT2D eigenvalue weighted by atomic mass is 10.2. The third-order valence-corrected chi connectivity index (χ3v) is 6.11. The van der Waals surface area contributed by atoms with Gasteiger partial charge in [0.15, 0.2) is 0 Å². The van der Waals surface area contributed by atoms with E-state index in [-0.39, 0.29) is 6.10 Å². The van der Waals surface area contributed by atoms with Crippen molar-refractivity contribution in [2.75, 3.05) is 58.3 Å². The van der Waals surface area contributed by atoms with Gasteiger partial charge in [-0.15, -0.1) is 0 Å². The highest BCUT2D eigenvalue weighted by atomic mass is 35.5. The third kappa shape index (κ3) is 6.51. The molecule has 3 heterocycles. The monoisotopic (exact) mass is 514 g/mol. The number of anilines is 2. The number of ether oxygens (including phenoxy) is 3. The molecule has 0 amide bonds. The number of hydrogen-bond donors (Lipinski definition) is 1. The zero-order valence-electron chi connectivity index (χ0n) is 20.7. The van der Waals surface area contributed by atoms with Gasteiger partial charge in [0.2, 0.25) is 5.88 Å². The summed E-state index contributed by atoms with van der Waals surface area (Å²) in [4.78, 5) is 28.2. The van der Waals surface area contributed by atoms with E-state index in [1.165, 1.54) is 12.5 Å². The SMILES string of the molecule is COc1cc(Nc2ncnc3cc(OCCN4CCN(CC=O)CC4)cc(OC(C)C)c23)c(Cl)cn1. The number of hydrogen-bond acceptors (Lipinski definition) is 10. The van der Waals surface area contributed by atoms with E-state index >= 15 is 0 Å². The summed E-state index contributed by atoms with van der Waals surface area (Å²) in [5.41, 5.74) is 1.29. The minimum atomic E-state index is -0.0659. The summed E-state index contributed by atoms with van der Waals surface area (Å²) in [7, 11) is 1.55. The molecule has 4 rings (SSSR count). The average molecular weight is 515 g/mol. The van der Waals surface area contributed by atoms with Crippen LogP contribution in [0.4, 0.5) is 11.5 Å². The zero-order valence-corrected chi connectivity index (χ0v) is 21.5. The maximum absolute atomic E-state index is 10.7. The number of rotatable bonds is 11. The number of fused-ring (bicyclic) bond motifs is 1. The number of pyridine rings is 1. The quantitative estimate of drug-likeness (QED) is 0.383. The number of halogens is 1. The van der Waals surface area contributed by atoms with Crippen LogP contribution in [0, 0.1) is 0 Å². The molecule has 11 heteroatoms. The summed E-state index contributed by atoms with van der Waals surface area (Å²) in [5, 5.41) is 4.42. The van der Waals surface area contributed by atoms with Crippen molar-refractivity contribution in [3.63, 3.8) is 0 Å². The molecule has 0 radical (unpaired) electrons. The van der Waals surface area contributed by atoms with Crippen LogP contribution < -0.4 is 19.5 Å². The Balaban J connectivity index is 1.53. The Hall–Kier alpha value is -3.21. The second-order valence-electron chi connectivity index (χ2n) is 8.69. The highest BCUT2D eigenvalue weighted by Crippen LogP contribution is 2.37. The van der Waals surface area contributed by atoms with Crippen LogP contribution in [0.15, 0.2) is 30.7 Å². The van der Waals surface area contributed by atoms with Gasteiger partial charge >= 0.3 is 0 Å². The summed E-state index contributed by atoms with van der Waals surface area (Å²) >= 11 is 6.35. The van der Waals surface area contributed by atoms with Crippen molar-refractivity contribution in [1.82, 2.24) is 24.8 Å². The molecule has 2 aromatic heterocycles. The number of nitrogens with zero attached hydrogens (tertiary/aromatic N) is 5. The van der Waals surface area contributed by atoms with Gasteiger partial charge in [-0.05, 0) is 13.8 Å². The first kappa shape index (κ1) is 25.9. The molecular formula is C25H31ClN6O4. The lowest BCUT2D eigenvalue weighted by Crippen LogP contribution is -2.47. The zero-order chi connectivity index (χ0) is 25.5. The smallest absolute Gasteiger partial charge is 0.215 e. The van der Waals surface area contributed by atoms with Crippen molar-refractivity contribution in [2.45, 2.75) is 20.0 Å². The normalized spacial score (nSPS) is 14.7. The molecule has 1 fully saturated rings. The van der Waals surface area contributed by atoms with E-state index in [9.17, 15) is 4.79 Å². The van der Waals surface area contributed by atoms with Crippen molar-refractivity contribution in [3.05, 3.63) is 35.7 Å². The molecule has 0 saturated carbocycles. The fourth-order valence-electron chi connectivity index (χ4n) is 4.00. The number of carbonyl (C=O) groups is 1.